The average molecular weight is 571 g/mol. The number of ether oxygens (including phenoxy) is 6. The highest BCUT2D eigenvalue weighted by atomic mass is 16.7. The molecule has 0 aliphatic carbocycles. The van der Waals surface area contributed by atoms with Crippen molar-refractivity contribution in [2.45, 2.75) is 55.8 Å². The highest BCUT2D eigenvalue weighted by Gasteiger charge is 2.45. The Kier molecular flexibility index (Phi) is 11.6. The number of methoxy groups -OCH3 is 3. The van der Waals surface area contributed by atoms with Crippen LogP contribution in [-0.2, 0) is 11.2 Å². The molecular formula is C27H38O13. The van der Waals surface area contributed by atoms with Gasteiger partial charge in [0.2, 0.25) is 12.0 Å². The second-order valence-corrected chi connectivity index (χ2v) is 9.17. The third-order valence-corrected chi connectivity index (χ3v) is 6.57. The van der Waals surface area contributed by atoms with Gasteiger partial charge in [-0.1, -0.05) is 6.07 Å². The van der Waals surface area contributed by atoms with Crippen LogP contribution in [0.5, 0.6) is 28.7 Å². The molecule has 40 heavy (non-hydrogen) atoms. The standard InChI is InChI=1S/C27H38O13/c1-35-17-11-15(6-7-16(17)39-27-25(34)24(33)23(32)21(13-30)40-27)22(31)20(12-29)38-26-18(36-2)9-14(5-4-8-28)10-19(26)37-3/h6-7,9-11,20-25,27-34H,4-5,8,12-13H2,1-3H3. The van der Waals surface area contributed by atoms with Crippen molar-refractivity contribution in [2.24, 2.45) is 0 Å². The van der Waals surface area contributed by atoms with Crippen molar-refractivity contribution in [3.63, 3.8) is 0 Å². The van der Waals surface area contributed by atoms with Gasteiger partial charge in [-0.2, -0.15) is 0 Å². The van der Waals surface area contributed by atoms with Gasteiger partial charge in [0, 0.05) is 6.61 Å². The lowest BCUT2D eigenvalue weighted by Crippen LogP contribution is -2.60. The lowest BCUT2D eigenvalue weighted by molar-refractivity contribution is -0.277. The van der Waals surface area contributed by atoms with Crippen LogP contribution < -0.4 is 23.7 Å². The molecule has 0 bridgehead atoms. The fourth-order valence-electron chi connectivity index (χ4n) is 4.30. The lowest BCUT2D eigenvalue weighted by atomic mass is 9.99. The first-order valence-electron chi connectivity index (χ1n) is 12.7. The van der Waals surface area contributed by atoms with Gasteiger partial charge in [0.15, 0.2) is 29.1 Å². The Bertz CT molecular complexity index is 1050. The molecule has 0 radical (unpaired) electrons. The first kappa shape index (κ1) is 31.6. The molecular weight excluding hydrogens is 532 g/mol. The molecule has 1 heterocycles. The van der Waals surface area contributed by atoms with Crippen LogP contribution in [0.2, 0.25) is 0 Å². The van der Waals surface area contributed by atoms with E-state index in [-0.39, 0.29) is 29.4 Å². The summed E-state index contributed by atoms with van der Waals surface area (Å²) in [7, 11) is 4.24. The van der Waals surface area contributed by atoms with E-state index in [9.17, 15) is 30.6 Å². The molecule has 1 aliphatic heterocycles. The van der Waals surface area contributed by atoms with Gasteiger partial charge in [0.05, 0.1) is 34.5 Å². The van der Waals surface area contributed by atoms with E-state index in [2.05, 4.69) is 0 Å². The maximum Gasteiger partial charge on any atom is 0.229 e. The molecule has 2 aromatic rings. The highest BCUT2D eigenvalue weighted by Crippen LogP contribution is 2.41. The fraction of sp³-hybridized carbons (Fsp3) is 0.556. The zero-order chi connectivity index (χ0) is 29.4. The van der Waals surface area contributed by atoms with Gasteiger partial charge in [0.1, 0.15) is 30.5 Å². The van der Waals surface area contributed by atoms with Crippen molar-refractivity contribution in [1.82, 2.24) is 0 Å². The maximum atomic E-state index is 11.1. The molecule has 1 saturated heterocycles. The molecule has 13 heteroatoms. The van der Waals surface area contributed by atoms with Crippen molar-refractivity contribution < 1.29 is 64.2 Å². The minimum absolute atomic E-state index is 0.0253. The second kappa shape index (κ2) is 14.7. The van der Waals surface area contributed by atoms with Crippen LogP contribution in [0.15, 0.2) is 30.3 Å². The Balaban J connectivity index is 1.83. The summed E-state index contributed by atoms with van der Waals surface area (Å²) >= 11 is 0. The first-order chi connectivity index (χ1) is 19.2. The zero-order valence-electron chi connectivity index (χ0n) is 22.5. The molecule has 0 aromatic heterocycles. The Labute approximate surface area is 231 Å². The Morgan fingerprint density at radius 3 is 2.02 bits per heavy atom. The van der Waals surface area contributed by atoms with Crippen LogP contribution in [0.1, 0.15) is 23.7 Å². The van der Waals surface area contributed by atoms with Crippen molar-refractivity contribution >= 4 is 0 Å². The number of rotatable bonds is 14. The van der Waals surface area contributed by atoms with Crippen LogP contribution in [0.25, 0.3) is 0 Å². The topological polar surface area (TPSA) is 197 Å². The van der Waals surface area contributed by atoms with Crippen LogP contribution in [0.3, 0.4) is 0 Å². The van der Waals surface area contributed by atoms with Crippen LogP contribution in [-0.4, -0.2) is 114 Å². The highest BCUT2D eigenvalue weighted by molar-refractivity contribution is 5.54. The molecule has 7 atom stereocenters. The Morgan fingerprint density at radius 2 is 1.48 bits per heavy atom. The van der Waals surface area contributed by atoms with Gasteiger partial charge < -0.3 is 64.2 Å². The number of aryl methyl sites for hydroxylation is 1. The van der Waals surface area contributed by atoms with Crippen molar-refractivity contribution in [1.29, 1.82) is 0 Å². The number of hydrogen-bond donors (Lipinski definition) is 7. The zero-order valence-corrected chi connectivity index (χ0v) is 22.5. The monoisotopic (exact) mass is 570 g/mol. The predicted molar refractivity (Wildman–Crippen MR) is 139 cm³/mol. The van der Waals surface area contributed by atoms with E-state index in [1.165, 1.54) is 39.5 Å². The Hall–Kier alpha value is -2.88. The summed E-state index contributed by atoms with van der Waals surface area (Å²) in [6, 6.07) is 7.78. The normalized spacial score (nSPS) is 24.2. The molecule has 7 N–H and O–H groups in total. The van der Waals surface area contributed by atoms with Crippen LogP contribution in [0, 0.1) is 0 Å². The van der Waals surface area contributed by atoms with Gasteiger partial charge in [-0.25, -0.2) is 0 Å². The van der Waals surface area contributed by atoms with E-state index in [1.54, 1.807) is 12.1 Å². The Morgan fingerprint density at radius 1 is 0.825 bits per heavy atom. The maximum absolute atomic E-state index is 11.1. The molecule has 2 aromatic carbocycles. The third-order valence-electron chi connectivity index (χ3n) is 6.57. The summed E-state index contributed by atoms with van der Waals surface area (Å²) in [6.07, 6.45) is -8.77. The SMILES string of the molecule is COc1cc(C(O)C(CO)Oc2c(OC)cc(CCCO)cc2OC)ccc1OC1OC(CO)C(O)C(O)C1O. The van der Waals surface area contributed by atoms with E-state index in [1.807, 2.05) is 0 Å². The van der Waals surface area contributed by atoms with Gasteiger partial charge in [-0.15, -0.1) is 0 Å². The second-order valence-electron chi connectivity index (χ2n) is 9.17. The van der Waals surface area contributed by atoms with Crippen LogP contribution >= 0.6 is 0 Å². The quantitative estimate of drug-likeness (QED) is 0.151. The van der Waals surface area contributed by atoms with Gasteiger partial charge in [-0.05, 0) is 48.2 Å². The average Bonchev–Trinajstić information content (AvgIpc) is 2.98. The molecule has 0 spiro atoms. The summed E-state index contributed by atoms with van der Waals surface area (Å²) in [5.41, 5.74) is 1.13. The molecule has 224 valence electrons. The molecule has 7 unspecified atom stereocenters. The van der Waals surface area contributed by atoms with E-state index in [4.69, 9.17) is 33.5 Å². The molecule has 0 saturated carbocycles. The minimum Gasteiger partial charge on any atom is -0.493 e. The molecule has 0 amide bonds. The third kappa shape index (κ3) is 7.06. The van der Waals surface area contributed by atoms with Crippen molar-refractivity contribution in [2.75, 3.05) is 41.2 Å². The molecule has 3 rings (SSSR count). The number of benzene rings is 2. The smallest absolute Gasteiger partial charge is 0.229 e. The van der Waals surface area contributed by atoms with Gasteiger partial charge in [-0.3, -0.25) is 0 Å². The van der Waals surface area contributed by atoms with E-state index in [0.29, 0.717) is 24.3 Å². The van der Waals surface area contributed by atoms with Crippen molar-refractivity contribution in [3.05, 3.63) is 41.5 Å². The summed E-state index contributed by atoms with van der Waals surface area (Å²) in [6.45, 7) is -1.17. The summed E-state index contributed by atoms with van der Waals surface area (Å²) in [5, 5.41) is 70.0. The number of aliphatic hydroxyl groups excluding tert-OH is 7. The van der Waals surface area contributed by atoms with E-state index >= 15 is 0 Å². The van der Waals surface area contributed by atoms with Crippen LogP contribution in [0.4, 0.5) is 0 Å². The largest absolute Gasteiger partial charge is 0.493 e. The molecule has 1 fully saturated rings. The minimum atomic E-state index is -1.63. The van der Waals surface area contributed by atoms with E-state index < -0.39 is 56.1 Å². The summed E-state index contributed by atoms with van der Waals surface area (Å²) < 4.78 is 33.3. The van der Waals surface area contributed by atoms with Crippen molar-refractivity contribution in [3.8, 4) is 28.7 Å². The van der Waals surface area contributed by atoms with E-state index in [0.717, 1.165) is 5.56 Å². The molecule has 1 aliphatic rings. The first-order valence-corrected chi connectivity index (χ1v) is 12.7. The summed E-state index contributed by atoms with van der Waals surface area (Å²) in [4.78, 5) is 0. The number of aliphatic hydroxyl groups is 7. The van der Waals surface area contributed by atoms with Gasteiger partial charge >= 0.3 is 0 Å². The summed E-state index contributed by atoms with van der Waals surface area (Å²) in [5.74, 6) is 1.00. The number of hydrogen-bond acceptors (Lipinski definition) is 13. The lowest BCUT2D eigenvalue weighted by Gasteiger charge is -2.39. The molecule has 13 nitrogen and oxygen atoms in total. The van der Waals surface area contributed by atoms with Gasteiger partial charge in [0.25, 0.3) is 0 Å². The fourth-order valence-corrected chi connectivity index (χ4v) is 4.30. The predicted octanol–water partition coefficient (Wildman–Crippen LogP) is -0.711.